The van der Waals surface area contributed by atoms with E-state index in [1.54, 1.807) is 18.2 Å². The molecule has 1 saturated carbocycles. The van der Waals surface area contributed by atoms with Gasteiger partial charge in [0.05, 0.1) is 18.2 Å². The average Bonchev–Trinajstić information content (AvgIpc) is 2.58. The number of nitrogens with zero attached hydrogens (tertiary/aromatic N) is 2. The van der Waals surface area contributed by atoms with Crippen LogP contribution in [-0.2, 0) is 6.42 Å². The second kappa shape index (κ2) is 6.78. The first-order valence-corrected chi connectivity index (χ1v) is 8.08. The Kier molecular flexibility index (Phi) is 4.57. The zero-order valence-corrected chi connectivity index (χ0v) is 13.0. The lowest BCUT2D eigenvalue weighted by Crippen LogP contribution is -2.30. The standard InChI is InChI=1S/C19H19FN2O/c20-16-9-6-14(7-10-16)18-11-8-15(12-13-21)19(23)22(18)17-4-2-1-3-5-17/h6-11,17H,1-5,12H2. The summed E-state index contributed by atoms with van der Waals surface area (Å²) < 4.78 is 15.0. The summed E-state index contributed by atoms with van der Waals surface area (Å²) in [7, 11) is 0. The van der Waals surface area contributed by atoms with Crippen LogP contribution in [0.2, 0.25) is 0 Å². The molecule has 0 aliphatic heterocycles. The summed E-state index contributed by atoms with van der Waals surface area (Å²) in [5, 5.41) is 8.92. The molecule has 23 heavy (non-hydrogen) atoms. The smallest absolute Gasteiger partial charge is 0.255 e. The lowest BCUT2D eigenvalue weighted by molar-refractivity contribution is 0.348. The van der Waals surface area contributed by atoms with Crippen molar-refractivity contribution >= 4 is 0 Å². The maximum atomic E-state index is 13.2. The first-order chi connectivity index (χ1) is 11.2. The van der Waals surface area contributed by atoms with E-state index in [1.807, 2.05) is 10.6 Å². The van der Waals surface area contributed by atoms with Crippen LogP contribution >= 0.6 is 0 Å². The monoisotopic (exact) mass is 310 g/mol. The van der Waals surface area contributed by atoms with E-state index >= 15 is 0 Å². The fourth-order valence-corrected chi connectivity index (χ4v) is 3.37. The summed E-state index contributed by atoms with van der Waals surface area (Å²) in [4.78, 5) is 12.9. The molecular weight excluding hydrogens is 291 g/mol. The predicted molar refractivity (Wildman–Crippen MR) is 87.5 cm³/mol. The first-order valence-electron chi connectivity index (χ1n) is 8.08. The molecule has 1 aliphatic carbocycles. The fraction of sp³-hybridized carbons (Fsp3) is 0.368. The Labute approximate surface area is 135 Å². The highest BCUT2D eigenvalue weighted by Crippen LogP contribution is 2.31. The zero-order valence-electron chi connectivity index (χ0n) is 13.0. The van der Waals surface area contributed by atoms with Crippen LogP contribution < -0.4 is 5.56 Å². The van der Waals surface area contributed by atoms with Gasteiger partial charge in [0.1, 0.15) is 5.82 Å². The Morgan fingerprint density at radius 2 is 1.78 bits per heavy atom. The molecule has 1 heterocycles. The van der Waals surface area contributed by atoms with E-state index in [0.29, 0.717) is 5.56 Å². The number of nitriles is 1. The van der Waals surface area contributed by atoms with Gasteiger partial charge in [-0.15, -0.1) is 0 Å². The third-order valence-corrected chi connectivity index (χ3v) is 4.54. The minimum atomic E-state index is -0.290. The number of hydrogen-bond donors (Lipinski definition) is 0. The number of aromatic nitrogens is 1. The molecule has 0 bridgehead atoms. The number of pyridine rings is 1. The quantitative estimate of drug-likeness (QED) is 0.852. The van der Waals surface area contributed by atoms with Crippen molar-refractivity contribution in [2.45, 2.75) is 44.6 Å². The number of rotatable bonds is 3. The van der Waals surface area contributed by atoms with Crippen molar-refractivity contribution in [1.29, 1.82) is 5.26 Å². The summed E-state index contributed by atoms with van der Waals surface area (Å²) in [5.74, 6) is -0.290. The second-order valence-corrected chi connectivity index (χ2v) is 6.05. The van der Waals surface area contributed by atoms with Crippen molar-refractivity contribution in [2.24, 2.45) is 0 Å². The number of halogens is 1. The van der Waals surface area contributed by atoms with Crippen LogP contribution in [0.1, 0.15) is 43.7 Å². The molecule has 3 rings (SSSR count). The molecule has 4 heteroatoms. The summed E-state index contributed by atoms with van der Waals surface area (Å²) in [6.07, 6.45) is 5.50. The highest BCUT2D eigenvalue weighted by Gasteiger charge is 2.21. The average molecular weight is 310 g/mol. The highest BCUT2D eigenvalue weighted by atomic mass is 19.1. The second-order valence-electron chi connectivity index (χ2n) is 6.05. The lowest BCUT2D eigenvalue weighted by atomic mass is 9.94. The van der Waals surface area contributed by atoms with Crippen LogP contribution in [0.3, 0.4) is 0 Å². The SMILES string of the molecule is N#CCc1ccc(-c2ccc(F)cc2)n(C2CCCCC2)c1=O. The normalized spacial score (nSPS) is 15.3. The highest BCUT2D eigenvalue weighted by molar-refractivity contribution is 5.60. The van der Waals surface area contributed by atoms with E-state index in [0.717, 1.165) is 36.9 Å². The third-order valence-electron chi connectivity index (χ3n) is 4.54. The van der Waals surface area contributed by atoms with E-state index in [4.69, 9.17) is 5.26 Å². The maximum absolute atomic E-state index is 13.2. The first kappa shape index (κ1) is 15.5. The van der Waals surface area contributed by atoms with E-state index in [-0.39, 0.29) is 23.8 Å². The van der Waals surface area contributed by atoms with Gasteiger partial charge in [-0.05, 0) is 48.7 Å². The zero-order chi connectivity index (χ0) is 16.2. The summed E-state index contributed by atoms with van der Waals surface area (Å²) >= 11 is 0. The van der Waals surface area contributed by atoms with Gasteiger partial charge in [-0.1, -0.05) is 25.3 Å². The molecule has 0 radical (unpaired) electrons. The van der Waals surface area contributed by atoms with Gasteiger partial charge in [0.15, 0.2) is 0 Å². The summed E-state index contributed by atoms with van der Waals surface area (Å²) in [6, 6.07) is 12.1. The molecule has 0 N–H and O–H groups in total. The van der Waals surface area contributed by atoms with Gasteiger partial charge in [0, 0.05) is 11.6 Å². The van der Waals surface area contributed by atoms with Crippen molar-refractivity contribution in [3.05, 3.63) is 58.1 Å². The van der Waals surface area contributed by atoms with Gasteiger partial charge in [0.2, 0.25) is 0 Å². The Morgan fingerprint density at radius 3 is 2.43 bits per heavy atom. The number of hydrogen-bond acceptors (Lipinski definition) is 2. The molecule has 118 valence electrons. The Hall–Kier alpha value is -2.41. The van der Waals surface area contributed by atoms with Crippen molar-refractivity contribution < 1.29 is 4.39 Å². The van der Waals surface area contributed by atoms with E-state index in [2.05, 4.69) is 6.07 Å². The van der Waals surface area contributed by atoms with Crippen molar-refractivity contribution in [1.82, 2.24) is 4.57 Å². The summed E-state index contributed by atoms with van der Waals surface area (Å²) in [6.45, 7) is 0. The largest absolute Gasteiger partial charge is 0.305 e. The van der Waals surface area contributed by atoms with Crippen molar-refractivity contribution in [3.63, 3.8) is 0 Å². The molecule has 0 spiro atoms. The summed E-state index contributed by atoms with van der Waals surface area (Å²) in [5.41, 5.74) is 2.09. The Morgan fingerprint density at radius 1 is 1.09 bits per heavy atom. The fourth-order valence-electron chi connectivity index (χ4n) is 3.37. The lowest BCUT2D eigenvalue weighted by Gasteiger charge is -2.27. The molecule has 1 aliphatic rings. The van der Waals surface area contributed by atoms with E-state index in [1.165, 1.54) is 18.6 Å². The van der Waals surface area contributed by atoms with Gasteiger partial charge in [0.25, 0.3) is 5.56 Å². The topological polar surface area (TPSA) is 45.8 Å². The molecule has 1 fully saturated rings. The van der Waals surface area contributed by atoms with E-state index in [9.17, 15) is 9.18 Å². The van der Waals surface area contributed by atoms with Gasteiger partial charge < -0.3 is 4.57 Å². The van der Waals surface area contributed by atoms with Crippen LogP contribution in [0.5, 0.6) is 0 Å². The van der Waals surface area contributed by atoms with Crippen LogP contribution in [0, 0.1) is 17.1 Å². The van der Waals surface area contributed by atoms with Gasteiger partial charge in [-0.3, -0.25) is 4.79 Å². The number of benzene rings is 1. The van der Waals surface area contributed by atoms with Crippen molar-refractivity contribution in [3.8, 4) is 17.3 Å². The van der Waals surface area contributed by atoms with Gasteiger partial charge in [-0.25, -0.2) is 4.39 Å². The maximum Gasteiger partial charge on any atom is 0.255 e. The molecule has 0 atom stereocenters. The molecule has 1 aromatic heterocycles. The molecule has 1 aromatic carbocycles. The van der Waals surface area contributed by atoms with Crippen LogP contribution in [0.4, 0.5) is 4.39 Å². The Bertz CT molecular complexity index is 780. The Balaban J connectivity index is 2.14. The molecule has 3 nitrogen and oxygen atoms in total. The van der Waals surface area contributed by atoms with Crippen molar-refractivity contribution in [2.75, 3.05) is 0 Å². The third kappa shape index (κ3) is 3.19. The minimum absolute atomic E-state index is 0.0831. The van der Waals surface area contributed by atoms with Crippen LogP contribution in [-0.4, -0.2) is 4.57 Å². The minimum Gasteiger partial charge on any atom is -0.305 e. The predicted octanol–water partition coefficient (Wildman–Crippen LogP) is 4.23. The van der Waals surface area contributed by atoms with Crippen LogP contribution in [0.25, 0.3) is 11.3 Å². The van der Waals surface area contributed by atoms with Gasteiger partial charge in [-0.2, -0.15) is 5.26 Å². The molecule has 0 amide bonds. The molecular formula is C19H19FN2O. The molecule has 0 saturated heterocycles. The van der Waals surface area contributed by atoms with E-state index < -0.39 is 0 Å². The molecule has 0 unspecified atom stereocenters. The van der Waals surface area contributed by atoms with Crippen LogP contribution in [0.15, 0.2) is 41.2 Å². The van der Waals surface area contributed by atoms with Gasteiger partial charge >= 0.3 is 0 Å². The molecule has 2 aromatic rings.